The van der Waals surface area contributed by atoms with E-state index in [0.717, 1.165) is 5.56 Å². The van der Waals surface area contributed by atoms with Gasteiger partial charge in [-0.15, -0.1) is 12.4 Å². The molecule has 1 heterocycles. The molecular weight excluding hydrogens is 340 g/mol. The number of halogens is 3. The van der Waals surface area contributed by atoms with E-state index < -0.39 is 24.7 Å². The van der Waals surface area contributed by atoms with E-state index in [2.05, 4.69) is 10.1 Å². The van der Waals surface area contributed by atoms with Crippen molar-refractivity contribution in [3.05, 3.63) is 65.7 Å². The molecule has 0 bridgehead atoms. The number of benzene rings is 2. The molecule has 1 saturated heterocycles. The Morgan fingerprint density at radius 3 is 2.67 bits per heavy atom. The summed E-state index contributed by atoms with van der Waals surface area (Å²) in [4.78, 5) is 11.2. The van der Waals surface area contributed by atoms with Crippen LogP contribution in [0.4, 0.5) is 13.6 Å². The van der Waals surface area contributed by atoms with E-state index in [-0.39, 0.29) is 18.0 Å². The van der Waals surface area contributed by atoms with Crippen LogP contribution in [0.1, 0.15) is 17.2 Å². The second-order valence-corrected chi connectivity index (χ2v) is 5.26. The number of cyclic esters (lactones) is 1. The third kappa shape index (κ3) is 4.14. The fraction of sp³-hybridized carbons (Fsp3) is 0.235. The van der Waals surface area contributed by atoms with Crippen LogP contribution in [-0.2, 0) is 11.3 Å². The van der Waals surface area contributed by atoms with Crippen molar-refractivity contribution in [3.63, 3.8) is 0 Å². The maximum atomic E-state index is 13.9. The molecule has 1 aliphatic rings. The summed E-state index contributed by atoms with van der Waals surface area (Å²) in [5.74, 6) is -2.71. The van der Waals surface area contributed by atoms with Gasteiger partial charge in [-0.3, -0.25) is 0 Å². The van der Waals surface area contributed by atoms with Gasteiger partial charge in [-0.2, -0.15) is 0 Å². The number of hydrogen-bond donors (Lipinski definition) is 1. The van der Waals surface area contributed by atoms with E-state index in [0.29, 0.717) is 12.4 Å². The number of carbonyl (C=O) groups is 1. The maximum absolute atomic E-state index is 13.9. The number of amides is 1. The predicted molar refractivity (Wildman–Crippen MR) is 86.6 cm³/mol. The fourth-order valence-corrected chi connectivity index (χ4v) is 2.36. The molecule has 0 saturated carbocycles. The first-order valence-electron chi connectivity index (χ1n) is 7.12. The summed E-state index contributed by atoms with van der Waals surface area (Å²) in [6.07, 6.45) is -0.850. The van der Waals surface area contributed by atoms with Crippen LogP contribution in [0.5, 0.6) is 5.75 Å². The normalized spacial score (nSPS) is 18.8. The van der Waals surface area contributed by atoms with Crippen molar-refractivity contribution in [2.45, 2.75) is 18.6 Å². The Labute approximate surface area is 144 Å². The van der Waals surface area contributed by atoms with Gasteiger partial charge in [-0.05, 0) is 23.3 Å². The Morgan fingerprint density at radius 1 is 1.17 bits per heavy atom. The molecule has 1 fully saturated rings. The average Bonchev–Trinajstić information content (AvgIpc) is 2.56. The molecule has 3 rings (SSSR count). The zero-order valence-corrected chi connectivity index (χ0v) is 13.4. The molecule has 2 aromatic carbocycles. The summed E-state index contributed by atoms with van der Waals surface area (Å²) >= 11 is 0. The average molecular weight is 356 g/mol. The Hall–Kier alpha value is -2.34. The zero-order valence-electron chi connectivity index (χ0n) is 12.6. The molecule has 2 aromatic rings. The molecule has 0 aromatic heterocycles. The second kappa shape index (κ2) is 7.49. The Balaban J connectivity index is 0.00000208. The van der Waals surface area contributed by atoms with Gasteiger partial charge in [0.2, 0.25) is 0 Å². The van der Waals surface area contributed by atoms with Gasteiger partial charge >= 0.3 is 12.0 Å². The minimum Gasteiger partial charge on any atom is -0.489 e. The van der Waals surface area contributed by atoms with E-state index in [1.54, 1.807) is 12.1 Å². The van der Waals surface area contributed by atoms with Gasteiger partial charge in [0.15, 0.2) is 6.61 Å². The monoisotopic (exact) mass is 355 g/mol. The lowest BCUT2D eigenvalue weighted by Crippen LogP contribution is -2.49. The number of rotatable bonds is 4. The summed E-state index contributed by atoms with van der Waals surface area (Å²) in [5, 5.41) is 2.16. The first-order valence-corrected chi connectivity index (χ1v) is 7.12. The standard InChI is InChI=1S/C17H15F2NO3.ClH/c18-17(19)11-23-16(21)20-15(17)13-7-4-8-14(9-13)22-10-12-5-2-1-3-6-12;/h1-9,15H,10-11H2,(H,20,21);1H/t15-;/m0./s1. The lowest BCUT2D eigenvalue weighted by Gasteiger charge is -2.31. The third-order valence-corrected chi connectivity index (χ3v) is 3.52. The van der Waals surface area contributed by atoms with Crippen LogP contribution in [0, 0.1) is 0 Å². The van der Waals surface area contributed by atoms with Crippen LogP contribution in [0.2, 0.25) is 0 Å². The Kier molecular flexibility index (Phi) is 5.62. The highest BCUT2D eigenvalue weighted by Crippen LogP contribution is 2.35. The van der Waals surface area contributed by atoms with Gasteiger partial charge in [0.25, 0.3) is 0 Å². The minimum absolute atomic E-state index is 0. The zero-order chi connectivity index (χ0) is 16.3. The predicted octanol–water partition coefficient (Wildman–Crippen LogP) is 4.10. The maximum Gasteiger partial charge on any atom is 0.408 e. The van der Waals surface area contributed by atoms with Crippen molar-refractivity contribution in [2.75, 3.05) is 6.61 Å². The summed E-state index contributed by atoms with van der Waals surface area (Å²) in [6, 6.07) is 14.4. The van der Waals surface area contributed by atoms with Gasteiger partial charge in [0, 0.05) is 0 Å². The van der Waals surface area contributed by atoms with Gasteiger partial charge in [0.05, 0.1) is 0 Å². The third-order valence-electron chi connectivity index (χ3n) is 3.52. The van der Waals surface area contributed by atoms with Crippen molar-refractivity contribution in [2.24, 2.45) is 0 Å². The first kappa shape index (κ1) is 18.0. The number of carbonyl (C=O) groups excluding carboxylic acids is 1. The molecule has 128 valence electrons. The number of hydrogen-bond acceptors (Lipinski definition) is 3. The van der Waals surface area contributed by atoms with Gasteiger partial charge < -0.3 is 14.8 Å². The van der Waals surface area contributed by atoms with Gasteiger partial charge in [0.1, 0.15) is 18.4 Å². The largest absolute Gasteiger partial charge is 0.489 e. The highest BCUT2D eigenvalue weighted by Gasteiger charge is 2.46. The SMILES string of the molecule is Cl.O=C1N[C@@H](c2cccc(OCc3ccccc3)c2)C(F)(F)CO1. The quantitative estimate of drug-likeness (QED) is 0.898. The second-order valence-electron chi connectivity index (χ2n) is 5.26. The van der Waals surface area contributed by atoms with Crippen LogP contribution in [0.15, 0.2) is 54.6 Å². The molecule has 1 N–H and O–H groups in total. The molecule has 0 radical (unpaired) electrons. The molecule has 7 heteroatoms. The van der Waals surface area contributed by atoms with E-state index in [9.17, 15) is 13.6 Å². The fourth-order valence-electron chi connectivity index (χ4n) is 2.36. The van der Waals surface area contributed by atoms with E-state index in [1.807, 2.05) is 30.3 Å². The van der Waals surface area contributed by atoms with Crippen LogP contribution < -0.4 is 10.1 Å². The van der Waals surface area contributed by atoms with Crippen molar-refractivity contribution in [3.8, 4) is 5.75 Å². The van der Waals surface area contributed by atoms with E-state index in [4.69, 9.17) is 4.74 Å². The Morgan fingerprint density at radius 2 is 1.92 bits per heavy atom. The van der Waals surface area contributed by atoms with Gasteiger partial charge in [-0.1, -0.05) is 42.5 Å². The van der Waals surface area contributed by atoms with Gasteiger partial charge in [-0.25, -0.2) is 13.6 Å². The lowest BCUT2D eigenvalue weighted by atomic mass is 10.00. The van der Waals surface area contributed by atoms with E-state index in [1.165, 1.54) is 12.1 Å². The number of alkyl halides is 2. The summed E-state index contributed by atoms with van der Waals surface area (Å²) in [5.41, 5.74) is 1.25. The lowest BCUT2D eigenvalue weighted by molar-refractivity contribution is -0.104. The van der Waals surface area contributed by atoms with Crippen molar-refractivity contribution >= 4 is 18.5 Å². The van der Waals surface area contributed by atoms with Crippen molar-refractivity contribution in [1.82, 2.24) is 5.32 Å². The van der Waals surface area contributed by atoms with Crippen molar-refractivity contribution in [1.29, 1.82) is 0 Å². The first-order chi connectivity index (χ1) is 11.0. The minimum atomic E-state index is -3.17. The Bertz CT molecular complexity index is 697. The molecule has 0 unspecified atom stereocenters. The summed E-state index contributed by atoms with van der Waals surface area (Å²) in [7, 11) is 0. The number of nitrogens with one attached hydrogen (secondary N) is 1. The van der Waals surface area contributed by atoms with Crippen molar-refractivity contribution < 1.29 is 23.0 Å². The highest BCUT2D eigenvalue weighted by molar-refractivity contribution is 5.85. The van der Waals surface area contributed by atoms with Crippen LogP contribution in [-0.4, -0.2) is 18.6 Å². The molecular formula is C17H16ClF2NO3. The summed E-state index contributed by atoms with van der Waals surface area (Å²) in [6.45, 7) is -0.598. The number of alkyl carbamates (subject to hydrolysis) is 1. The molecule has 0 spiro atoms. The summed E-state index contributed by atoms with van der Waals surface area (Å²) < 4.78 is 37.8. The van der Waals surface area contributed by atoms with Crippen LogP contribution in [0.3, 0.4) is 0 Å². The molecule has 24 heavy (non-hydrogen) atoms. The molecule has 1 aliphatic heterocycles. The molecule has 1 amide bonds. The van der Waals surface area contributed by atoms with E-state index >= 15 is 0 Å². The molecule has 1 atom stereocenters. The molecule has 4 nitrogen and oxygen atoms in total. The van der Waals surface area contributed by atoms with Crippen LogP contribution >= 0.6 is 12.4 Å². The highest BCUT2D eigenvalue weighted by atomic mass is 35.5. The molecule has 0 aliphatic carbocycles. The van der Waals surface area contributed by atoms with Crippen LogP contribution in [0.25, 0.3) is 0 Å². The smallest absolute Gasteiger partial charge is 0.408 e. The topological polar surface area (TPSA) is 47.6 Å². The number of ether oxygens (including phenoxy) is 2.